The minimum atomic E-state index is -0.834. The van der Waals surface area contributed by atoms with E-state index in [1.54, 1.807) is 0 Å². The fourth-order valence-electron chi connectivity index (χ4n) is 2.88. The van der Waals surface area contributed by atoms with Crippen LogP contribution < -0.4 is 11.1 Å². The Labute approximate surface area is 154 Å². The molecule has 0 saturated heterocycles. The van der Waals surface area contributed by atoms with Gasteiger partial charge >= 0.3 is 6.09 Å². The Morgan fingerprint density at radius 2 is 1.20 bits per heavy atom. The Morgan fingerprint density at radius 1 is 0.760 bits per heavy atom. The summed E-state index contributed by atoms with van der Waals surface area (Å²) in [6, 6.07) is 0. The van der Waals surface area contributed by atoms with E-state index in [4.69, 9.17) is 5.73 Å². The van der Waals surface area contributed by atoms with Crippen LogP contribution in [0, 0.1) is 0 Å². The van der Waals surface area contributed by atoms with E-state index in [9.17, 15) is 9.59 Å². The van der Waals surface area contributed by atoms with Crippen molar-refractivity contribution >= 4 is 12.0 Å². The van der Waals surface area contributed by atoms with Crippen molar-refractivity contribution in [3.63, 3.8) is 0 Å². The number of hydrogen-bond acceptors (Lipinski definition) is 3. The Morgan fingerprint density at radius 3 is 1.64 bits per heavy atom. The molecule has 0 bridgehead atoms. The van der Waals surface area contributed by atoms with E-state index in [2.05, 4.69) is 17.0 Å². The maximum absolute atomic E-state index is 11.4. The zero-order chi connectivity index (χ0) is 18.6. The lowest BCUT2D eigenvalue weighted by atomic mass is 10.0. The van der Waals surface area contributed by atoms with Gasteiger partial charge in [-0.3, -0.25) is 4.79 Å². The van der Waals surface area contributed by atoms with E-state index in [0.29, 0.717) is 6.54 Å². The number of carbonyl (C=O) groups excluding carboxylic acids is 2. The SMILES string of the molecule is CCCCCCCCCCCCCCCCNC(=O)CCOC(N)=O. The third-order valence-electron chi connectivity index (χ3n) is 4.43. The van der Waals surface area contributed by atoms with Crippen molar-refractivity contribution in [2.24, 2.45) is 5.73 Å². The van der Waals surface area contributed by atoms with Gasteiger partial charge in [0.2, 0.25) is 5.91 Å². The van der Waals surface area contributed by atoms with Crippen molar-refractivity contribution in [3.8, 4) is 0 Å². The van der Waals surface area contributed by atoms with Gasteiger partial charge < -0.3 is 15.8 Å². The second kappa shape index (κ2) is 19.1. The third kappa shape index (κ3) is 20.7. The van der Waals surface area contributed by atoms with Crippen molar-refractivity contribution < 1.29 is 14.3 Å². The molecule has 0 unspecified atom stereocenters. The van der Waals surface area contributed by atoms with E-state index in [0.717, 1.165) is 12.8 Å². The van der Waals surface area contributed by atoms with E-state index in [-0.39, 0.29) is 18.9 Å². The smallest absolute Gasteiger partial charge is 0.404 e. The molecule has 3 N–H and O–H groups in total. The first-order valence-electron chi connectivity index (χ1n) is 10.4. The minimum Gasteiger partial charge on any atom is -0.449 e. The van der Waals surface area contributed by atoms with Gasteiger partial charge in [0.05, 0.1) is 6.42 Å². The van der Waals surface area contributed by atoms with Crippen LogP contribution in [-0.2, 0) is 9.53 Å². The molecule has 0 aromatic carbocycles. The standard InChI is InChI=1S/C20H40N2O3/c1-2-3-4-5-6-7-8-9-10-11-12-13-14-15-17-22-19(23)16-18-25-20(21)24/h2-18H2,1H3,(H2,21,24)(H,22,23). The number of primary amides is 1. The first-order chi connectivity index (χ1) is 12.2. The molecule has 0 saturated carbocycles. The summed E-state index contributed by atoms with van der Waals surface area (Å²) in [6.07, 6.45) is 18.0. The highest BCUT2D eigenvalue weighted by Gasteiger charge is 2.02. The molecule has 0 rings (SSSR count). The molecule has 0 aliphatic rings. The number of rotatable bonds is 18. The fourth-order valence-corrected chi connectivity index (χ4v) is 2.88. The number of amides is 2. The summed E-state index contributed by atoms with van der Waals surface area (Å²) in [5.74, 6) is -0.0871. The molecule has 25 heavy (non-hydrogen) atoms. The molecule has 0 atom stereocenters. The summed E-state index contributed by atoms with van der Waals surface area (Å²) >= 11 is 0. The Balaban J connectivity index is 3.11. The summed E-state index contributed by atoms with van der Waals surface area (Å²) in [6.45, 7) is 3.02. The highest BCUT2D eigenvalue weighted by Crippen LogP contribution is 2.12. The molecule has 0 aliphatic carbocycles. The molecule has 0 radical (unpaired) electrons. The van der Waals surface area contributed by atoms with Crippen LogP contribution in [-0.4, -0.2) is 25.2 Å². The number of ether oxygens (including phenoxy) is 1. The largest absolute Gasteiger partial charge is 0.449 e. The predicted molar refractivity (Wildman–Crippen MR) is 103 cm³/mol. The van der Waals surface area contributed by atoms with Crippen molar-refractivity contribution in [2.75, 3.05) is 13.2 Å². The number of hydrogen-bond donors (Lipinski definition) is 2. The first kappa shape index (κ1) is 23.7. The van der Waals surface area contributed by atoms with Gasteiger partial charge in [-0.15, -0.1) is 0 Å². The monoisotopic (exact) mass is 356 g/mol. The van der Waals surface area contributed by atoms with Gasteiger partial charge in [0.15, 0.2) is 0 Å². The molecule has 5 heteroatoms. The van der Waals surface area contributed by atoms with Gasteiger partial charge in [-0.25, -0.2) is 4.79 Å². The van der Waals surface area contributed by atoms with Gasteiger partial charge in [0.1, 0.15) is 6.61 Å². The van der Waals surface area contributed by atoms with E-state index >= 15 is 0 Å². The van der Waals surface area contributed by atoms with Crippen LogP contribution in [0.3, 0.4) is 0 Å². The lowest BCUT2D eigenvalue weighted by molar-refractivity contribution is -0.121. The second-order valence-electron chi connectivity index (χ2n) is 6.86. The van der Waals surface area contributed by atoms with Crippen LogP contribution in [0.1, 0.15) is 103 Å². The first-order valence-corrected chi connectivity index (χ1v) is 10.4. The average Bonchev–Trinajstić information content (AvgIpc) is 2.58. The van der Waals surface area contributed by atoms with Crippen LogP contribution in [0.15, 0.2) is 0 Å². The highest BCUT2D eigenvalue weighted by atomic mass is 16.5. The molecule has 2 amide bonds. The van der Waals surface area contributed by atoms with Crippen LogP contribution in [0.4, 0.5) is 4.79 Å². The third-order valence-corrected chi connectivity index (χ3v) is 4.43. The zero-order valence-corrected chi connectivity index (χ0v) is 16.3. The summed E-state index contributed by atoms with van der Waals surface area (Å²) in [5.41, 5.74) is 4.82. The number of nitrogens with two attached hydrogens (primary N) is 1. The minimum absolute atomic E-state index is 0.0555. The Kier molecular flexibility index (Phi) is 18.1. The van der Waals surface area contributed by atoms with Crippen molar-refractivity contribution in [1.29, 1.82) is 0 Å². The lowest BCUT2D eigenvalue weighted by Crippen LogP contribution is -2.26. The predicted octanol–water partition coefficient (Wildman–Crippen LogP) is 5.07. The topological polar surface area (TPSA) is 81.4 Å². The van der Waals surface area contributed by atoms with E-state index in [1.165, 1.54) is 77.0 Å². The Bertz CT molecular complexity index is 322. The van der Waals surface area contributed by atoms with Crippen LogP contribution in [0.25, 0.3) is 0 Å². The summed E-state index contributed by atoms with van der Waals surface area (Å²) in [5, 5.41) is 2.83. The average molecular weight is 357 g/mol. The highest BCUT2D eigenvalue weighted by molar-refractivity contribution is 5.76. The van der Waals surface area contributed by atoms with Crippen LogP contribution in [0.5, 0.6) is 0 Å². The van der Waals surface area contributed by atoms with Crippen LogP contribution in [0.2, 0.25) is 0 Å². The summed E-state index contributed by atoms with van der Waals surface area (Å²) in [4.78, 5) is 21.8. The molecular formula is C20H40N2O3. The quantitative estimate of drug-likeness (QED) is 0.336. The summed E-state index contributed by atoms with van der Waals surface area (Å²) in [7, 11) is 0. The number of carbonyl (C=O) groups is 2. The molecule has 0 spiro atoms. The van der Waals surface area contributed by atoms with Gasteiger partial charge in [0, 0.05) is 6.54 Å². The zero-order valence-electron chi connectivity index (χ0n) is 16.3. The van der Waals surface area contributed by atoms with Crippen molar-refractivity contribution in [2.45, 2.75) is 103 Å². The Hall–Kier alpha value is -1.26. The molecule has 5 nitrogen and oxygen atoms in total. The number of nitrogens with one attached hydrogen (secondary N) is 1. The molecule has 0 heterocycles. The molecule has 0 aromatic rings. The molecule has 0 aliphatic heterocycles. The second-order valence-corrected chi connectivity index (χ2v) is 6.86. The normalized spacial score (nSPS) is 10.6. The maximum Gasteiger partial charge on any atom is 0.404 e. The molecule has 148 valence electrons. The van der Waals surface area contributed by atoms with Crippen molar-refractivity contribution in [3.05, 3.63) is 0 Å². The van der Waals surface area contributed by atoms with E-state index < -0.39 is 6.09 Å². The van der Waals surface area contributed by atoms with Crippen molar-refractivity contribution in [1.82, 2.24) is 5.32 Å². The van der Waals surface area contributed by atoms with Gasteiger partial charge in [-0.2, -0.15) is 0 Å². The fraction of sp³-hybridized carbons (Fsp3) is 0.900. The van der Waals surface area contributed by atoms with Gasteiger partial charge in [0.25, 0.3) is 0 Å². The van der Waals surface area contributed by atoms with Crippen LogP contribution >= 0.6 is 0 Å². The van der Waals surface area contributed by atoms with Gasteiger partial charge in [-0.05, 0) is 6.42 Å². The molecule has 0 fully saturated rings. The molecular weight excluding hydrogens is 316 g/mol. The maximum atomic E-state index is 11.4. The molecule has 0 aromatic heterocycles. The van der Waals surface area contributed by atoms with Gasteiger partial charge in [-0.1, -0.05) is 90.4 Å². The lowest BCUT2D eigenvalue weighted by Gasteiger charge is -2.05. The summed E-state index contributed by atoms with van der Waals surface area (Å²) < 4.78 is 4.52. The number of unbranched alkanes of at least 4 members (excludes halogenated alkanes) is 13. The van der Waals surface area contributed by atoms with E-state index in [1.807, 2.05) is 0 Å².